The van der Waals surface area contributed by atoms with Gasteiger partial charge < -0.3 is 5.11 Å². The highest BCUT2D eigenvalue weighted by Gasteiger charge is 2.74. The normalized spacial score (nSPS) is 32.0. The number of rotatable bonds is 2. The van der Waals surface area contributed by atoms with Crippen LogP contribution in [0.4, 0.5) is 0 Å². The second-order valence-electron chi connectivity index (χ2n) is 6.19. The van der Waals surface area contributed by atoms with Crippen molar-refractivity contribution in [2.45, 2.75) is 47.0 Å². The molecule has 14 heavy (non-hydrogen) atoms. The molecule has 2 saturated carbocycles. The van der Waals surface area contributed by atoms with E-state index in [1.54, 1.807) is 0 Å². The van der Waals surface area contributed by atoms with Gasteiger partial charge in [-0.3, -0.25) is 4.79 Å². The number of carbonyl (C=O) groups is 1. The molecular formula is C12H20O2. The molecule has 2 aliphatic carbocycles. The summed E-state index contributed by atoms with van der Waals surface area (Å²) >= 11 is 0. The van der Waals surface area contributed by atoms with Crippen LogP contribution in [-0.4, -0.2) is 11.1 Å². The zero-order valence-electron chi connectivity index (χ0n) is 9.55. The van der Waals surface area contributed by atoms with Crippen molar-refractivity contribution in [2.24, 2.45) is 22.2 Å². The Morgan fingerprint density at radius 3 is 1.64 bits per heavy atom. The smallest absolute Gasteiger partial charge is 0.309 e. The molecule has 1 N–H and O–H groups in total. The summed E-state index contributed by atoms with van der Waals surface area (Å²) in [5.74, 6) is -0.193. The van der Waals surface area contributed by atoms with E-state index in [2.05, 4.69) is 27.7 Å². The van der Waals surface area contributed by atoms with E-state index in [0.717, 1.165) is 19.3 Å². The monoisotopic (exact) mass is 196 g/mol. The molecule has 2 nitrogen and oxygen atoms in total. The van der Waals surface area contributed by atoms with Crippen LogP contribution in [-0.2, 0) is 4.79 Å². The van der Waals surface area contributed by atoms with Crippen LogP contribution in [0.1, 0.15) is 47.0 Å². The molecular weight excluding hydrogens is 176 g/mol. The fraction of sp³-hybridized carbons (Fsp3) is 0.917. The van der Waals surface area contributed by atoms with Crippen molar-refractivity contribution in [1.82, 2.24) is 0 Å². The van der Waals surface area contributed by atoms with Gasteiger partial charge in [-0.25, -0.2) is 0 Å². The van der Waals surface area contributed by atoms with E-state index in [4.69, 9.17) is 0 Å². The van der Waals surface area contributed by atoms with Gasteiger partial charge in [0, 0.05) is 0 Å². The van der Waals surface area contributed by atoms with Gasteiger partial charge in [0.05, 0.1) is 5.41 Å². The largest absolute Gasteiger partial charge is 0.481 e. The molecule has 0 saturated heterocycles. The van der Waals surface area contributed by atoms with Crippen molar-refractivity contribution in [1.29, 1.82) is 0 Å². The Bertz CT molecular complexity index is 271. The average molecular weight is 196 g/mol. The minimum atomic E-state index is -0.563. The molecule has 0 spiro atoms. The van der Waals surface area contributed by atoms with E-state index in [1.807, 2.05) is 0 Å². The highest BCUT2D eigenvalue weighted by Crippen LogP contribution is 2.77. The molecule has 2 rings (SSSR count). The fourth-order valence-corrected chi connectivity index (χ4v) is 3.76. The average Bonchev–Trinajstić information content (AvgIpc) is 2.28. The van der Waals surface area contributed by atoms with Crippen molar-refractivity contribution in [3.05, 3.63) is 0 Å². The highest BCUT2D eigenvalue weighted by molar-refractivity contribution is 5.77. The predicted molar refractivity (Wildman–Crippen MR) is 55.0 cm³/mol. The lowest BCUT2D eigenvalue weighted by molar-refractivity contribution is -0.158. The van der Waals surface area contributed by atoms with Crippen molar-refractivity contribution in [3.8, 4) is 0 Å². The summed E-state index contributed by atoms with van der Waals surface area (Å²) in [5.41, 5.74) is 0.0185. The first kappa shape index (κ1) is 10.0. The summed E-state index contributed by atoms with van der Waals surface area (Å²) in [6.07, 6.45) is 2.87. The van der Waals surface area contributed by atoms with E-state index in [1.165, 1.54) is 0 Å². The second-order valence-corrected chi connectivity index (χ2v) is 6.19. The highest BCUT2D eigenvalue weighted by atomic mass is 16.4. The van der Waals surface area contributed by atoms with Crippen LogP contribution in [0.25, 0.3) is 0 Å². The Morgan fingerprint density at radius 2 is 1.57 bits per heavy atom. The van der Waals surface area contributed by atoms with Crippen LogP contribution in [0, 0.1) is 22.2 Å². The van der Waals surface area contributed by atoms with E-state index in [0.29, 0.717) is 5.92 Å². The summed E-state index contributed by atoms with van der Waals surface area (Å²) in [4.78, 5) is 11.4. The third-order valence-electron chi connectivity index (χ3n) is 5.25. The topological polar surface area (TPSA) is 37.3 Å². The quantitative estimate of drug-likeness (QED) is 0.737. The van der Waals surface area contributed by atoms with Gasteiger partial charge in [0.25, 0.3) is 0 Å². The molecule has 0 aromatic rings. The molecule has 0 unspecified atom stereocenters. The summed E-state index contributed by atoms with van der Waals surface area (Å²) in [5, 5.41) is 9.36. The van der Waals surface area contributed by atoms with E-state index >= 15 is 0 Å². The van der Waals surface area contributed by atoms with Gasteiger partial charge in [-0.15, -0.1) is 0 Å². The molecule has 0 aromatic carbocycles. The maximum absolute atomic E-state index is 11.4. The van der Waals surface area contributed by atoms with Crippen LogP contribution >= 0.6 is 0 Å². The van der Waals surface area contributed by atoms with E-state index in [9.17, 15) is 9.90 Å². The zero-order chi connectivity index (χ0) is 10.8. The summed E-state index contributed by atoms with van der Waals surface area (Å²) in [7, 11) is 0. The number of hydrogen-bond acceptors (Lipinski definition) is 1. The molecule has 0 radical (unpaired) electrons. The van der Waals surface area contributed by atoms with Crippen LogP contribution in [0.15, 0.2) is 0 Å². The molecule has 2 aliphatic rings. The van der Waals surface area contributed by atoms with E-state index < -0.39 is 5.97 Å². The lowest BCUT2D eigenvalue weighted by Gasteiger charge is -2.40. The van der Waals surface area contributed by atoms with Gasteiger partial charge in [0.15, 0.2) is 0 Å². The Morgan fingerprint density at radius 1 is 1.14 bits per heavy atom. The molecule has 0 amide bonds. The third kappa shape index (κ3) is 0.850. The maximum Gasteiger partial charge on any atom is 0.309 e. The summed E-state index contributed by atoms with van der Waals surface area (Å²) in [6.45, 7) is 8.84. The minimum Gasteiger partial charge on any atom is -0.481 e. The Labute approximate surface area is 85.7 Å². The van der Waals surface area contributed by atoms with Gasteiger partial charge in [-0.1, -0.05) is 34.1 Å². The summed E-state index contributed by atoms with van der Waals surface area (Å²) < 4.78 is 0. The molecule has 0 atom stereocenters. The SMILES string of the molecule is CC1(C)C(C2(C(=O)O)CCC2)C1(C)C. The van der Waals surface area contributed by atoms with Crippen LogP contribution in [0.3, 0.4) is 0 Å². The fourth-order valence-electron chi connectivity index (χ4n) is 3.76. The second kappa shape index (κ2) is 2.34. The Hall–Kier alpha value is -0.530. The number of hydrogen-bond donors (Lipinski definition) is 1. The van der Waals surface area contributed by atoms with Crippen LogP contribution < -0.4 is 0 Å². The Balaban J connectivity index is 2.29. The molecule has 0 aliphatic heterocycles. The zero-order valence-corrected chi connectivity index (χ0v) is 9.55. The first-order valence-electron chi connectivity index (χ1n) is 5.50. The van der Waals surface area contributed by atoms with Crippen molar-refractivity contribution in [2.75, 3.05) is 0 Å². The minimum absolute atomic E-state index is 0.200. The number of carboxylic acid groups (broad SMARTS) is 1. The van der Waals surface area contributed by atoms with Gasteiger partial charge >= 0.3 is 5.97 Å². The molecule has 2 heteroatoms. The third-order valence-corrected chi connectivity index (χ3v) is 5.25. The molecule has 2 fully saturated rings. The van der Waals surface area contributed by atoms with Gasteiger partial charge in [0.2, 0.25) is 0 Å². The van der Waals surface area contributed by atoms with Crippen molar-refractivity contribution < 1.29 is 9.90 Å². The molecule has 80 valence electrons. The molecule has 0 heterocycles. The number of aliphatic carboxylic acids is 1. The van der Waals surface area contributed by atoms with Crippen LogP contribution in [0.5, 0.6) is 0 Å². The first-order chi connectivity index (χ1) is 6.27. The summed E-state index contributed by atoms with van der Waals surface area (Å²) in [6, 6.07) is 0. The van der Waals surface area contributed by atoms with Gasteiger partial charge in [-0.2, -0.15) is 0 Å². The molecule has 0 bridgehead atoms. The van der Waals surface area contributed by atoms with Gasteiger partial charge in [-0.05, 0) is 29.6 Å². The molecule has 0 aromatic heterocycles. The number of carboxylic acids is 1. The standard InChI is InChI=1S/C12H20O2/c1-10(2)8(11(10,3)4)12(9(13)14)6-5-7-12/h8H,5-7H2,1-4H3,(H,13,14). The van der Waals surface area contributed by atoms with Crippen LogP contribution in [0.2, 0.25) is 0 Å². The first-order valence-corrected chi connectivity index (χ1v) is 5.50. The lowest BCUT2D eigenvalue weighted by atomic mass is 9.63. The maximum atomic E-state index is 11.4. The van der Waals surface area contributed by atoms with Crippen molar-refractivity contribution >= 4 is 5.97 Å². The predicted octanol–water partition coefficient (Wildman–Crippen LogP) is 2.92. The lowest BCUT2D eigenvalue weighted by Crippen LogP contribution is -2.42. The van der Waals surface area contributed by atoms with Crippen molar-refractivity contribution in [3.63, 3.8) is 0 Å². The van der Waals surface area contributed by atoms with E-state index in [-0.39, 0.29) is 16.2 Å². The van der Waals surface area contributed by atoms with Gasteiger partial charge in [0.1, 0.15) is 0 Å². The Kier molecular flexibility index (Phi) is 1.67.